The molecular weight excluding hydrogens is 434 g/mol. The first-order chi connectivity index (χ1) is 16.6. The first kappa shape index (κ1) is 20.9. The van der Waals surface area contributed by atoms with Gasteiger partial charge in [-0.1, -0.05) is 0 Å². The third kappa shape index (κ3) is 3.73. The number of methoxy groups -OCH3 is 1. The molecule has 4 aromatic heterocycles. The lowest BCUT2D eigenvalue weighted by molar-refractivity contribution is 0.102. The van der Waals surface area contributed by atoms with Gasteiger partial charge in [0.2, 0.25) is 0 Å². The minimum absolute atomic E-state index is 0.323. The second kappa shape index (κ2) is 8.51. The van der Waals surface area contributed by atoms with Crippen molar-refractivity contribution in [2.75, 3.05) is 12.4 Å². The standard InChI is InChI=1S/C23H19N9O2/c1-30-16(6-8-26-30)13-31-14-19(21(29-31)17-10-15(11-24)4-5-20(17)34-2)28-23(33)18-12-27-32-9-3-7-25-22(18)32/h3-10,12,14H,13H2,1-2H3,(H,28,33). The number of carbonyl (C=O) groups is 1. The second-order valence-electron chi connectivity index (χ2n) is 7.46. The van der Waals surface area contributed by atoms with Crippen molar-refractivity contribution in [3.63, 3.8) is 0 Å². The monoisotopic (exact) mass is 453 g/mol. The SMILES string of the molecule is COc1ccc(C#N)cc1-c1nn(Cc2ccnn2C)cc1NC(=O)c1cnn2cccnc12. The molecule has 0 saturated heterocycles. The van der Waals surface area contributed by atoms with Crippen LogP contribution in [0.4, 0.5) is 5.69 Å². The molecule has 5 rings (SSSR count). The molecule has 0 spiro atoms. The van der Waals surface area contributed by atoms with Crippen LogP contribution in [0.15, 0.2) is 61.3 Å². The lowest BCUT2D eigenvalue weighted by atomic mass is 10.1. The molecule has 0 aliphatic heterocycles. The number of benzene rings is 1. The first-order valence-corrected chi connectivity index (χ1v) is 10.3. The smallest absolute Gasteiger partial charge is 0.261 e. The summed E-state index contributed by atoms with van der Waals surface area (Å²) in [4.78, 5) is 17.4. The van der Waals surface area contributed by atoms with E-state index in [1.807, 2.05) is 13.1 Å². The van der Waals surface area contributed by atoms with Crippen molar-refractivity contribution >= 4 is 17.2 Å². The molecule has 0 aliphatic carbocycles. The molecule has 0 unspecified atom stereocenters. The molecule has 0 atom stereocenters. The molecule has 0 aliphatic rings. The Balaban J connectivity index is 1.58. The number of aromatic nitrogens is 7. The highest BCUT2D eigenvalue weighted by atomic mass is 16.5. The van der Waals surface area contributed by atoms with Crippen molar-refractivity contribution in [3.8, 4) is 23.1 Å². The molecule has 1 N–H and O–H groups in total. The van der Waals surface area contributed by atoms with E-state index in [9.17, 15) is 10.1 Å². The van der Waals surface area contributed by atoms with Crippen LogP contribution in [-0.4, -0.2) is 47.2 Å². The van der Waals surface area contributed by atoms with E-state index in [0.29, 0.717) is 46.0 Å². The Hall–Kier alpha value is -4.98. The van der Waals surface area contributed by atoms with Gasteiger partial charge in [-0.3, -0.25) is 14.2 Å². The van der Waals surface area contributed by atoms with Gasteiger partial charge < -0.3 is 10.1 Å². The Morgan fingerprint density at radius 1 is 1.24 bits per heavy atom. The fourth-order valence-corrected chi connectivity index (χ4v) is 3.65. The highest BCUT2D eigenvalue weighted by Crippen LogP contribution is 2.35. The van der Waals surface area contributed by atoms with Gasteiger partial charge in [-0.05, 0) is 30.3 Å². The molecule has 0 radical (unpaired) electrons. The molecule has 4 heterocycles. The Labute approximate surface area is 193 Å². The Kier molecular flexibility index (Phi) is 5.23. The van der Waals surface area contributed by atoms with Gasteiger partial charge in [-0.25, -0.2) is 9.50 Å². The summed E-state index contributed by atoms with van der Waals surface area (Å²) in [5.41, 5.74) is 3.64. The van der Waals surface area contributed by atoms with Crippen LogP contribution in [0.1, 0.15) is 21.6 Å². The highest BCUT2D eigenvalue weighted by Gasteiger charge is 2.21. The molecule has 1 amide bonds. The van der Waals surface area contributed by atoms with Crippen LogP contribution >= 0.6 is 0 Å². The summed E-state index contributed by atoms with van der Waals surface area (Å²) >= 11 is 0. The molecular formula is C23H19N9O2. The fourth-order valence-electron chi connectivity index (χ4n) is 3.65. The van der Waals surface area contributed by atoms with E-state index in [2.05, 4.69) is 26.6 Å². The average Bonchev–Trinajstić information content (AvgIpc) is 3.57. The molecule has 0 saturated carbocycles. The third-order valence-electron chi connectivity index (χ3n) is 5.36. The summed E-state index contributed by atoms with van der Waals surface area (Å²) in [7, 11) is 3.39. The van der Waals surface area contributed by atoms with E-state index in [1.54, 1.807) is 65.5 Å². The average molecular weight is 453 g/mol. The fraction of sp³-hybridized carbons (Fsp3) is 0.130. The normalized spacial score (nSPS) is 10.9. The van der Waals surface area contributed by atoms with Crippen molar-refractivity contribution in [1.82, 2.24) is 34.2 Å². The van der Waals surface area contributed by atoms with Crippen LogP contribution in [0.2, 0.25) is 0 Å². The molecule has 11 heteroatoms. The maximum atomic E-state index is 13.2. The van der Waals surface area contributed by atoms with Gasteiger partial charge in [0.1, 0.15) is 17.0 Å². The maximum Gasteiger partial charge on any atom is 0.261 e. The van der Waals surface area contributed by atoms with E-state index >= 15 is 0 Å². The zero-order chi connectivity index (χ0) is 23.7. The van der Waals surface area contributed by atoms with Crippen molar-refractivity contribution in [1.29, 1.82) is 5.26 Å². The largest absolute Gasteiger partial charge is 0.496 e. The number of anilines is 1. The topological polar surface area (TPSA) is 128 Å². The van der Waals surface area contributed by atoms with E-state index < -0.39 is 0 Å². The zero-order valence-electron chi connectivity index (χ0n) is 18.4. The third-order valence-corrected chi connectivity index (χ3v) is 5.36. The lowest BCUT2D eigenvalue weighted by Gasteiger charge is -2.09. The summed E-state index contributed by atoms with van der Waals surface area (Å²) in [6.45, 7) is 0.428. The minimum atomic E-state index is -0.384. The molecule has 11 nitrogen and oxygen atoms in total. The van der Waals surface area contributed by atoms with Gasteiger partial charge in [0.25, 0.3) is 5.91 Å². The van der Waals surface area contributed by atoms with Gasteiger partial charge in [-0.2, -0.15) is 20.6 Å². The number of nitrogens with one attached hydrogen (secondary N) is 1. The van der Waals surface area contributed by atoms with Crippen molar-refractivity contribution < 1.29 is 9.53 Å². The van der Waals surface area contributed by atoms with Crippen LogP contribution in [0.3, 0.4) is 0 Å². The second-order valence-corrected chi connectivity index (χ2v) is 7.46. The predicted octanol–water partition coefficient (Wildman–Crippen LogP) is 2.51. The number of nitrogens with zero attached hydrogens (tertiary/aromatic N) is 8. The van der Waals surface area contributed by atoms with E-state index in [-0.39, 0.29) is 5.91 Å². The number of fused-ring (bicyclic) bond motifs is 1. The summed E-state index contributed by atoms with van der Waals surface area (Å²) in [6, 6.07) is 10.8. The maximum absolute atomic E-state index is 13.2. The molecule has 1 aromatic carbocycles. The van der Waals surface area contributed by atoms with E-state index in [4.69, 9.17) is 9.84 Å². The molecule has 0 bridgehead atoms. The molecule has 168 valence electrons. The first-order valence-electron chi connectivity index (χ1n) is 10.3. The van der Waals surface area contributed by atoms with Gasteiger partial charge in [0.05, 0.1) is 42.9 Å². The van der Waals surface area contributed by atoms with Crippen LogP contribution < -0.4 is 10.1 Å². The van der Waals surface area contributed by atoms with Gasteiger partial charge in [0, 0.05) is 37.4 Å². The molecule has 34 heavy (non-hydrogen) atoms. The quantitative estimate of drug-likeness (QED) is 0.418. The van der Waals surface area contributed by atoms with Crippen LogP contribution in [0.5, 0.6) is 5.75 Å². The Morgan fingerprint density at radius 3 is 2.88 bits per heavy atom. The summed E-state index contributed by atoms with van der Waals surface area (Å²) in [5, 5.41) is 25.4. The highest BCUT2D eigenvalue weighted by molar-refractivity contribution is 6.09. The number of nitriles is 1. The lowest BCUT2D eigenvalue weighted by Crippen LogP contribution is -2.12. The van der Waals surface area contributed by atoms with Crippen LogP contribution in [0, 0.1) is 11.3 Å². The predicted molar refractivity (Wildman–Crippen MR) is 122 cm³/mol. The number of ether oxygens (including phenoxy) is 1. The minimum Gasteiger partial charge on any atom is -0.496 e. The van der Waals surface area contributed by atoms with Crippen molar-refractivity contribution in [2.45, 2.75) is 6.54 Å². The van der Waals surface area contributed by atoms with Gasteiger partial charge >= 0.3 is 0 Å². The van der Waals surface area contributed by atoms with Crippen molar-refractivity contribution in [3.05, 3.63) is 78.1 Å². The number of hydrogen-bond acceptors (Lipinski definition) is 7. The summed E-state index contributed by atoms with van der Waals surface area (Å²) < 4.78 is 10.5. The van der Waals surface area contributed by atoms with Crippen LogP contribution in [0.25, 0.3) is 16.9 Å². The van der Waals surface area contributed by atoms with Crippen LogP contribution in [-0.2, 0) is 13.6 Å². The molecule has 0 fully saturated rings. The number of aryl methyl sites for hydroxylation is 1. The van der Waals surface area contributed by atoms with Crippen molar-refractivity contribution in [2.24, 2.45) is 7.05 Å². The number of carbonyl (C=O) groups excluding carboxylic acids is 1. The number of rotatable bonds is 6. The summed E-state index contributed by atoms with van der Waals surface area (Å²) in [5.74, 6) is 0.142. The zero-order valence-corrected chi connectivity index (χ0v) is 18.4. The Morgan fingerprint density at radius 2 is 2.12 bits per heavy atom. The van der Waals surface area contributed by atoms with Gasteiger partial charge in [0.15, 0.2) is 5.65 Å². The Bertz CT molecular complexity index is 1550. The number of amides is 1. The van der Waals surface area contributed by atoms with E-state index in [0.717, 1.165) is 5.69 Å². The summed E-state index contributed by atoms with van der Waals surface area (Å²) in [6.07, 6.45) is 8.23. The molecule has 5 aromatic rings. The van der Waals surface area contributed by atoms with E-state index in [1.165, 1.54) is 10.7 Å². The van der Waals surface area contributed by atoms with Gasteiger partial charge in [-0.15, -0.1) is 0 Å². The number of hydrogen-bond donors (Lipinski definition) is 1.